The van der Waals surface area contributed by atoms with Crippen molar-refractivity contribution in [1.29, 1.82) is 0 Å². The van der Waals surface area contributed by atoms with Gasteiger partial charge in [0.25, 0.3) is 0 Å². The predicted molar refractivity (Wildman–Crippen MR) is 95.3 cm³/mol. The molecule has 1 aromatic rings. The van der Waals surface area contributed by atoms with Gasteiger partial charge in [-0.1, -0.05) is 42.7 Å². The molecule has 0 heterocycles. The highest BCUT2D eigenvalue weighted by Crippen LogP contribution is 2.55. The highest BCUT2D eigenvalue weighted by atomic mass is 32.2. The van der Waals surface area contributed by atoms with Gasteiger partial charge >= 0.3 is 0 Å². The number of aryl methyl sites for hydroxylation is 1. The Balaban J connectivity index is 1.80. The fourth-order valence-corrected chi connectivity index (χ4v) is 4.84. The van der Waals surface area contributed by atoms with Crippen LogP contribution in [-0.4, -0.2) is 25.8 Å². The predicted octanol–water partition coefficient (Wildman–Crippen LogP) is 3.02. The number of amides is 1. The normalized spacial score (nSPS) is 28.5. The minimum atomic E-state index is -3.25. The molecule has 2 saturated carbocycles. The maximum absolute atomic E-state index is 12.7. The number of hydrogen-bond donors (Lipinski definition) is 1. The minimum absolute atomic E-state index is 0.0352. The van der Waals surface area contributed by atoms with E-state index in [9.17, 15) is 13.2 Å². The molecule has 0 aromatic heterocycles. The van der Waals surface area contributed by atoms with E-state index in [2.05, 4.69) is 5.32 Å². The lowest BCUT2D eigenvalue weighted by atomic mass is 10.0. The van der Waals surface area contributed by atoms with E-state index in [4.69, 9.17) is 0 Å². The third-order valence-electron chi connectivity index (χ3n) is 5.84. The molecule has 2 aliphatic carbocycles. The molecule has 1 aromatic carbocycles. The van der Waals surface area contributed by atoms with E-state index in [1.807, 2.05) is 31.2 Å². The molecule has 0 radical (unpaired) electrons. The third kappa shape index (κ3) is 3.51. The number of fused-ring (bicyclic) bond motifs is 1. The molecule has 3 rings (SSSR count). The summed E-state index contributed by atoms with van der Waals surface area (Å²) in [6.45, 7) is 3.67. The van der Waals surface area contributed by atoms with Crippen LogP contribution in [0.25, 0.3) is 0 Å². The van der Waals surface area contributed by atoms with Crippen LogP contribution in [0.4, 0.5) is 0 Å². The van der Waals surface area contributed by atoms with Gasteiger partial charge in [0.2, 0.25) is 5.91 Å². The molecule has 24 heavy (non-hydrogen) atoms. The second-order valence-electron chi connectivity index (χ2n) is 7.57. The molecular weight excluding hydrogens is 322 g/mol. The number of carbonyl (C=O) groups is 1. The summed E-state index contributed by atoms with van der Waals surface area (Å²) in [4.78, 5) is 12.7. The second kappa shape index (κ2) is 6.51. The van der Waals surface area contributed by atoms with E-state index >= 15 is 0 Å². The summed E-state index contributed by atoms with van der Waals surface area (Å²) in [6.07, 6.45) is 5.94. The highest BCUT2D eigenvalue weighted by Gasteiger charge is 2.55. The summed E-state index contributed by atoms with van der Waals surface area (Å²) in [5.41, 5.74) is 1.97. The molecule has 1 N–H and O–H groups in total. The van der Waals surface area contributed by atoms with Gasteiger partial charge in [-0.05, 0) is 44.1 Å². The van der Waals surface area contributed by atoms with Gasteiger partial charge in [-0.15, -0.1) is 0 Å². The molecule has 1 amide bonds. The summed E-state index contributed by atoms with van der Waals surface area (Å²) in [6, 6.07) is 7.26. The van der Waals surface area contributed by atoms with E-state index in [1.165, 1.54) is 19.1 Å². The fourth-order valence-electron chi connectivity index (χ4n) is 4.12. The molecule has 2 aliphatic rings. The van der Waals surface area contributed by atoms with Crippen LogP contribution in [0.3, 0.4) is 0 Å². The van der Waals surface area contributed by atoms with Crippen LogP contribution >= 0.6 is 0 Å². The van der Waals surface area contributed by atoms with Gasteiger partial charge < -0.3 is 5.32 Å². The summed E-state index contributed by atoms with van der Waals surface area (Å²) in [5.74, 6) is 1.16. The first-order valence-corrected chi connectivity index (χ1v) is 10.8. The smallest absolute Gasteiger partial charge is 0.224 e. The average Bonchev–Trinajstić information content (AvgIpc) is 3.26. The van der Waals surface area contributed by atoms with Gasteiger partial charge in [-0.2, -0.15) is 0 Å². The zero-order valence-electron chi connectivity index (χ0n) is 14.7. The van der Waals surface area contributed by atoms with Crippen molar-refractivity contribution in [3.05, 3.63) is 35.4 Å². The molecule has 0 spiro atoms. The van der Waals surface area contributed by atoms with E-state index in [-0.39, 0.29) is 11.8 Å². The van der Waals surface area contributed by atoms with E-state index < -0.39 is 21.1 Å². The van der Waals surface area contributed by atoms with Crippen molar-refractivity contribution >= 4 is 15.7 Å². The van der Waals surface area contributed by atoms with Gasteiger partial charge in [-0.3, -0.25) is 4.79 Å². The van der Waals surface area contributed by atoms with Gasteiger partial charge in [0, 0.05) is 12.2 Å². The van der Waals surface area contributed by atoms with Crippen molar-refractivity contribution in [1.82, 2.24) is 5.32 Å². The monoisotopic (exact) mass is 349 g/mol. The van der Waals surface area contributed by atoms with Crippen LogP contribution < -0.4 is 5.32 Å². The van der Waals surface area contributed by atoms with Crippen molar-refractivity contribution in [3.63, 3.8) is 0 Å². The van der Waals surface area contributed by atoms with Crippen molar-refractivity contribution in [2.24, 2.45) is 17.8 Å². The van der Waals surface area contributed by atoms with Crippen LogP contribution in [0, 0.1) is 24.7 Å². The quantitative estimate of drug-likeness (QED) is 0.889. The largest absolute Gasteiger partial charge is 0.348 e. The van der Waals surface area contributed by atoms with Crippen LogP contribution in [0.5, 0.6) is 0 Å². The summed E-state index contributed by atoms with van der Waals surface area (Å²) < 4.78 is 24.2. The topological polar surface area (TPSA) is 63.2 Å². The molecule has 5 heteroatoms. The Morgan fingerprint density at radius 2 is 1.67 bits per heavy atom. The number of nitrogens with one attached hydrogen (secondary N) is 1. The average molecular weight is 349 g/mol. The number of sulfone groups is 1. The Kier molecular flexibility index (Phi) is 4.73. The van der Waals surface area contributed by atoms with E-state index in [0.29, 0.717) is 11.8 Å². The third-order valence-corrected chi connectivity index (χ3v) is 7.46. The number of rotatable bonds is 5. The van der Waals surface area contributed by atoms with Crippen molar-refractivity contribution in [2.75, 3.05) is 6.26 Å². The van der Waals surface area contributed by atoms with Gasteiger partial charge in [0.1, 0.15) is 0 Å². The Hall–Kier alpha value is -1.36. The van der Waals surface area contributed by atoms with E-state index in [1.54, 1.807) is 6.92 Å². The number of hydrogen-bond acceptors (Lipinski definition) is 3. The van der Waals surface area contributed by atoms with Crippen LogP contribution in [-0.2, 0) is 14.6 Å². The minimum Gasteiger partial charge on any atom is -0.348 e. The highest BCUT2D eigenvalue weighted by molar-refractivity contribution is 7.91. The first kappa shape index (κ1) is 17.5. The van der Waals surface area contributed by atoms with Crippen LogP contribution in [0.2, 0.25) is 0 Å². The van der Waals surface area contributed by atoms with Gasteiger partial charge in [-0.25, -0.2) is 8.42 Å². The zero-order chi connectivity index (χ0) is 17.5. The molecule has 4 atom stereocenters. The Labute approximate surface area is 145 Å². The van der Waals surface area contributed by atoms with Crippen molar-refractivity contribution in [3.8, 4) is 0 Å². The molecule has 0 bridgehead atoms. The van der Waals surface area contributed by atoms with Gasteiger partial charge in [0.15, 0.2) is 9.84 Å². The standard InChI is InChI=1S/C19H27NO3S/c1-12-8-10-14(11-9-12)18(13(2)24(3,22)23)20-19(21)17-15-6-4-5-7-16(15)17/h8-11,13,15-18H,4-7H2,1-3H3,(H,20,21)/t13-,15+,16+,18+/m0/s1. The molecule has 0 aliphatic heterocycles. The van der Waals surface area contributed by atoms with Crippen molar-refractivity contribution in [2.45, 2.75) is 50.8 Å². The molecule has 0 saturated heterocycles. The van der Waals surface area contributed by atoms with E-state index in [0.717, 1.165) is 24.0 Å². The molecule has 0 unspecified atom stereocenters. The maximum Gasteiger partial charge on any atom is 0.224 e. The lowest BCUT2D eigenvalue weighted by Gasteiger charge is -2.25. The number of carbonyl (C=O) groups excluding carboxylic acids is 1. The van der Waals surface area contributed by atoms with Crippen LogP contribution in [0.1, 0.15) is 49.8 Å². The molecule has 2 fully saturated rings. The first-order chi connectivity index (χ1) is 11.3. The summed E-state index contributed by atoms with van der Waals surface area (Å²) >= 11 is 0. The summed E-state index contributed by atoms with van der Waals surface area (Å²) in [5, 5.41) is 2.41. The molecular formula is C19H27NO3S. The Morgan fingerprint density at radius 3 is 2.17 bits per heavy atom. The molecule has 4 nitrogen and oxygen atoms in total. The van der Waals surface area contributed by atoms with Gasteiger partial charge in [0.05, 0.1) is 11.3 Å². The first-order valence-electron chi connectivity index (χ1n) is 8.85. The maximum atomic E-state index is 12.7. The lowest BCUT2D eigenvalue weighted by molar-refractivity contribution is -0.123. The SMILES string of the molecule is Cc1ccc([C@H](NC(=O)C2[C@@H]3CCCC[C@@H]23)[C@H](C)S(C)(=O)=O)cc1. The lowest BCUT2D eigenvalue weighted by Crippen LogP contribution is -2.39. The van der Waals surface area contributed by atoms with Crippen molar-refractivity contribution < 1.29 is 13.2 Å². The summed E-state index contributed by atoms with van der Waals surface area (Å²) in [7, 11) is -3.25. The number of benzene rings is 1. The van der Waals surface area contributed by atoms with Crippen LogP contribution in [0.15, 0.2) is 24.3 Å². The fraction of sp³-hybridized carbons (Fsp3) is 0.632. The molecule has 132 valence electrons. The Morgan fingerprint density at radius 1 is 1.12 bits per heavy atom. The Bertz CT molecular complexity index is 699. The second-order valence-corrected chi connectivity index (χ2v) is 9.97. The zero-order valence-corrected chi connectivity index (χ0v) is 15.5.